The molecule has 0 radical (unpaired) electrons. The van der Waals surface area contributed by atoms with E-state index in [1.54, 1.807) is 0 Å². The molecule has 1 fully saturated rings. The zero-order valence-electron chi connectivity index (χ0n) is 10.6. The molecule has 3 heteroatoms. The summed E-state index contributed by atoms with van der Waals surface area (Å²) in [6.07, 6.45) is 1.18. The second-order valence-electron chi connectivity index (χ2n) is 4.46. The highest BCUT2D eigenvalue weighted by molar-refractivity contribution is 8.00. The van der Waals surface area contributed by atoms with Gasteiger partial charge in [-0.2, -0.15) is 0 Å². The van der Waals surface area contributed by atoms with Gasteiger partial charge < -0.3 is 10.1 Å². The third-order valence-electron chi connectivity index (χ3n) is 3.06. The van der Waals surface area contributed by atoms with Crippen LogP contribution in [-0.4, -0.2) is 25.0 Å². The van der Waals surface area contributed by atoms with Crippen LogP contribution in [-0.2, 0) is 4.74 Å². The maximum absolute atomic E-state index is 5.41. The number of hydrogen-bond acceptors (Lipinski definition) is 3. The van der Waals surface area contributed by atoms with Crippen molar-refractivity contribution >= 4 is 11.8 Å². The van der Waals surface area contributed by atoms with Crippen LogP contribution in [0.3, 0.4) is 0 Å². The quantitative estimate of drug-likeness (QED) is 0.868. The fourth-order valence-electron chi connectivity index (χ4n) is 2.08. The van der Waals surface area contributed by atoms with Gasteiger partial charge in [0.05, 0.1) is 6.61 Å². The number of thioether (sulfide) groups is 1. The van der Waals surface area contributed by atoms with E-state index in [9.17, 15) is 0 Å². The number of ether oxygens (including phenoxy) is 1. The largest absolute Gasteiger partial charge is 0.380 e. The van der Waals surface area contributed by atoms with E-state index in [4.69, 9.17) is 4.74 Å². The second-order valence-corrected chi connectivity index (χ2v) is 5.83. The summed E-state index contributed by atoms with van der Waals surface area (Å²) >= 11 is 1.95. The fourth-order valence-corrected chi connectivity index (χ4v) is 3.20. The predicted octanol–water partition coefficient (Wildman–Crippen LogP) is 3.24. The number of benzene rings is 1. The van der Waals surface area contributed by atoms with Crippen molar-refractivity contribution in [1.82, 2.24) is 5.32 Å². The smallest absolute Gasteiger partial charge is 0.0589 e. The third kappa shape index (κ3) is 3.73. The van der Waals surface area contributed by atoms with Crippen molar-refractivity contribution in [3.8, 4) is 0 Å². The van der Waals surface area contributed by atoms with Gasteiger partial charge in [0, 0.05) is 22.8 Å². The van der Waals surface area contributed by atoms with Crippen LogP contribution in [0.15, 0.2) is 29.2 Å². The Bertz CT molecular complexity index is 350. The normalized spacial score (nSPS) is 21.6. The van der Waals surface area contributed by atoms with E-state index in [1.165, 1.54) is 16.9 Å². The van der Waals surface area contributed by atoms with E-state index < -0.39 is 0 Å². The SMILES string of the molecule is CCNC(C)c1cccc(SC2CCOC2)c1. The number of nitrogens with one attached hydrogen (secondary N) is 1. The standard InChI is InChI=1S/C14H21NOS/c1-3-15-11(2)12-5-4-6-13(9-12)17-14-7-8-16-10-14/h4-6,9,11,14-15H,3,7-8,10H2,1-2H3. The Kier molecular flexibility index (Phi) is 4.89. The Hall–Kier alpha value is -0.510. The van der Waals surface area contributed by atoms with Crippen molar-refractivity contribution in [3.63, 3.8) is 0 Å². The molecule has 17 heavy (non-hydrogen) atoms. The van der Waals surface area contributed by atoms with E-state index in [2.05, 4.69) is 43.4 Å². The molecule has 94 valence electrons. The van der Waals surface area contributed by atoms with Crippen molar-refractivity contribution in [2.45, 2.75) is 36.5 Å². The van der Waals surface area contributed by atoms with Gasteiger partial charge in [0.15, 0.2) is 0 Å². The predicted molar refractivity (Wildman–Crippen MR) is 73.6 cm³/mol. The first-order valence-electron chi connectivity index (χ1n) is 6.37. The summed E-state index contributed by atoms with van der Waals surface area (Å²) in [7, 11) is 0. The van der Waals surface area contributed by atoms with Crippen LogP contribution >= 0.6 is 11.8 Å². The van der Waals surface area contributed by atoms with E-state index in [0.717, 1.165) is 19.8 Å². The van der Waals surface area contributed by atoms with Crippen LogP contribution in [0.2, 0.25) is 0 Å². The zero-order valence-corrected chi connectivity index (χ0v) is 11.4. The third-order valence-corrected chi connectivity index (χ3v) is 4.29. The second kappa shape index (κ2) is 6.43. The molecule has 1 heterocycles. The van der Waals surface area contributed by atoms with Crippen LogP contribution < -0.4 is 5.32 Å². The molecule has 0 saturated carbocycles. The molecule has 2 atom stereocenters. The molecule has 2 unspecified atom stereocenters. The number of hydrogen-bond donors (Lipinski definition) is 1. The summed E-state index contributed by atoms with van der Waals surface area (Å²) < 4.78 is 5.41. The topological polar surface area (TPSA) is 21.3 Å². The summed E-state index contributed by atoms with van der Waals surface area (Å²) in [6, 6.07) is 9.28. The molecule has 1 saturated heterocycles. The van der Waals surface area contributed by atoms with Crippen LogP contribution in [0.4, 0.5) is 0 Å². The van der Waals surface area contributed by atoms with Crippen LogP contribution in [0.1, 0.15) is 31.9 Å². The molecular weight excluding hydrogens is 230 g/mol. The Morgan fingerprint density at radius 2 is 2.41 bits per heavy atom. The van der Waals surface area contributed by atoms with E-state index in [0.29, 0.717) is 11.3 Å². The fraction of sp³-hybridized carbons (Fsp3) is 0.571. The van der Waals surface area contributed by atoms with Crippen LogP contribution in [0, 0.1) is 0 Å². The lowest BCUT2D eigenvalue weighted by atomic mass is 10.1. The maximum Gasteiger partial charge on any atom is 0.0589 e. The number of rotatable bonds is 5. The molecule has 1 N–H and O–H groups in total. The molecule has 1 aliphatic heterocycles. The first-order chi connectivity index (χ1) is 8.29. The monoisotopic (exact) mass is 251 g/mol. The summed E-state index contributed by atoms with van der Waals surface area (Å²) in [5.74, 6) is 0. The van der Waals surface area contributed by atoms with Crippen LogP contribution in [0.25, 0.3) is 0 Å². The van der Waals surface area contributed by atoms with Gasteiger partial charge in [0.1, 0.15) is 0 Å². The van der Waals surface area contributed by atoms with Crippen LogP contribution in [0.5, 0.6) is 0 Å². The van der Waals surface area contributed by atoms with Crippen molar-refractivity contribution in [3.05, 3.63) is 29.8 Å². The molecule has 0 aliphatic carbocycles. The minimum Gasteiger partial charge on any atom is -0.380 e. The highest BCUT2D eigenvalue weighted by atomic mass is 32.2. The molecule has 0 bridgehead atoms. The highest BCUT2D eigenvalue weighted by Crippen LogP contribution is 2.30. The van der Waals surface area contributed by atoms with Gasteiger partial charge in [-0.1, -0.05) is 19.1 Å². The van der Waals surface area contributed by atoms with Gasteiger partial charge in [0.2, 0.25) is 0 Å². The molecule has 0 amide bonds. The van der Waals surface area contributed by atoms with Gasteiger partial charge in [-0.05, 0) is 37.6 Å². The molecule has 0 spiro atoms. The van der Waals surface area contributed by atoms with Gasteiger partial charge in [-0.15, -0.1) is 11.8 Å². The van der Waals surface area contributed by atoms with E-state index >= 15 is 0 Å². The molecule has 1 aromatic carbocycles. The molecule has 1 aromatic rings. The van der Waals surface area contributed by atoms with Crippen molar-refractivity contribution in [1.29, 1.82) is 0 Å². The lowest BCUT2D eigenvalue weighted by molar-refractivity contribution is 0.199. The van der Waals surface area contributed by atoms with Gasteiger partial charge in [-0.25, -0.2) is 0 Å². The lowest BCUT2D eigenvalue weighted by Gasteiger charge is -2.14. The Labute approximate surface area is 108 Å². The van der Waals surface area contributed by atoms with Gasteiger partial charge in [0.25, 0.3) is 0 Å². The minimum absolute atomic E-state index is 0.431. The zero-order chi connectivity index (χ0) is 12.1. The molecule has 1 aliphatic rings. The summed E-state index contributed by atoms with van der Waals surface area (Å²) in [6.45, 7) is 7.19. The average Bonchev–Trinajstić information content (AvgIpc) is 2.82. The summed E-state index contributed by atoms with van der Waals surface area (Å²) in [5.41, 5.74) is 1.37. The van der Waals surface area contributed by atoms with E-state index in [1.807, 2.05) is 11.8 Å². The molecule has 2 nitrogen and oxygen atoms in total. The van der Waals surface area contributed by atoms with Crippen molar-refractivity contribution < 1.29 is 4.74 Å². The summed E-state index contributed by atoms with van der Waals surface area (Å²) in [4.78, 5) is 1.36. The Morgan fingerprint density at radius 1 is 1.53 bits per heavy atom. The first-order valence-corrected chi connectivity index (χ1v) is 7.25. The summed E-state index contributed by atoms with van der Waals surface area (Å²) in [5, 5.41) is 4.09. The maximum atomic E-state index is 5.41. The van der Waals surface area contributed by atoms with E-state index in [-0.39, 0.29) is 0 Å². The molecule has 0 aromatic heterocycles. The first kappa shape index (κ1) is 12.9. The lowest BCUT2D eigenvalue weighted by Crippen LogP contribution is -2.17. The highest BCUT2D eigenvalue weighted by Gasteiger charge is 2.17. The molecular formula is C14H21NOS. The molecule has 2 rings (SSSR count). The Morgan fingerprint density at radius 3 is 3.12 bits per heavy atom. The van der Waals surface area contributed by atoms with Crippen molar-refractivity contribution in [2.75, 3.05) is 19.8 Å². The van der Waals surface area contributed by atoms with Gasteiger partial charge >= 0.3 is 0 Å². The Balaban J connectivity index is 2.00. The van der Waals surface area contributed by atoms with Crippen molar-refractivity contribution in [2.24, 2.45) is 0 Å². The average molecular weight is 251 g/mol. The minimum atomic E-state index is 0.431. The van der Waals surface area contributed by atoms with Gasteiger partial charge in [-0.3, -0.25) is 0 Å².